The molecule has 3 N–H and O–H groups in total. The summed E-state index contributed by atoms with van der Waals surface area (Å²) in [6, 6.07) is 9.16. The van der Waals surface area contributed by atoms with Crippen LogP contribution in [0.2, 0.25) is 0 Å². The summed E-state index contributed by atoms with van der Waals surface area (Å²) in [6.07, 6.45) is 1.73. The van der Waals surface area contributed by atoms with Gasteiger partial charge in [-0.2, -0.15) is 13.7 Å². The van der Waals surface area contributed by atoms with Crippen LogP contribution in [-0.2, 0) is 20.5 Å². The first kappa shape index (κ1) is 15.6. The maximum Gasteiger partial charge on any atom is 0.312 e. The largest absolute Gasteiger partial charge is 0.353 e. The monoisotopic (exact) mass is 333 g/mol. The highest BCUT2D eigenvalue weighted by Crippen LogP contribution is 2.40. The molecule has 1 aliphatic heterocycles. The van der Waals surface area contributed by atoms with Crippen LogP contribution in [0.3, 0.4) is 0 Å². The molecule has 1 aliphatic rings. The molecule has 1 atom stereocenters. The summed E-state index contributed by atoms with van der Waals surface area (Å²) in [6.45, 7) is 3.46. The molecule has 2 heterocycles. The Morgan fingerprint density at radius 2 is 2.04 bits per heavy atom. The van der Waals surface area contributed by atoms with E-state index in [1.165, 1.54) is 0 Å². The van der Waals surface area contributed by atoms with Crippen molar-refractivity contribution < 1.29 is 17.7 Å². The Morgan fingerprint density at radius 3 is 2.65 bits per heavy atom. The summed E-state index contributed by atoms with van der Waals surface area (Å²) in [7, 11) is -4.38. The molecule has 7 nitrogen and oxygen atoms in total. The zero-order chi connectivity index (χ0) is 16.8. The van der Waals surface area contributed by atoms with Gasteiger partial charge in [-0.05, 0) is 37.6 Å². The zero-order valence-corrected chi connectivity index (χ0v) is 13.3. The maximum absolute atomic E-state index is 11.3. The van der Waals surface area contributed by atoms with Gasteiger partial charge in [0.2, 0.25) is 0 Å². The average Bonchev–Trinajstić information content (AvgIpc) is 2.94. The third kappa shape index (κ3) is 2.82. The van der Waals surface area contributed by atoms with Crippen molar-refractivity contribution >= 4 is 15.8 Å². The second kappa shape index (κ2) is 5.09. The first-order valence-electron chi connectivity index (χ1n) is 6.85. The lowest BCUT2D eigenvalue weighted by molar-refractivity contribution is -0.0406. The fourth-order valence-corrected chi connectivity index (χ4v) is 3.23. The van der Waals surface area contributed by atoms with E-state index in [9.17, 15) is 13.0 Å². The Balaban J connectivity index is 2.05. The van der Waals surface area contributed by atoms with Crippen LogP contribution in [0.25, 0.3) is 11.1 Å². The van der Waals surface area contributed by atoms with Crippen molar-refractivity contribution in [1.29, 1.82) is 5.26 Å². The van der Waals surface area contributed by atoms with Gasteiger partial charge in [0.1, 0.15) is 11.8 Å². The molecule has 0 amide bonds. The van der Waals surface area contributed by atoms with Crippen molar-refractivity contribution in [2.75, 3.05) is 5.32 Å². The molecule has 0 bridgehead atoms. The summed E-state index contributed by atoms with van der Waals surface area (Å²) in [5.74, 6) is 0. The number of rotatable bonds is 2. The van der Waals surface area contributed by atoms with Crippen LogP contribution in [0.5, 0.6) is 0 Å². The number of nitriles is 1. The summed E-state index contributed by atoms with van der Waals surface area (Å²) in [4.78, 5) is 2.86. The predicted octanol–water partition coefficient (Wildman–Crippen LogP) is 2.40. The second-order valence-corrected chi connectivity index (χ2v) is 7.25. The molecule has 120 valence electrons. The van der Waals surface area contributed by atoms with E-state index in [-0.39, 0.29) is 0 Å². The van der Waals surface area contributed by atoms with E-state index in [1.807, 2.05) is 12.1 Å². The lowest BCUT2D eigenvalue weighted by Crippen LogP contribution is -2.43. The van der Waals surface area contributed by atoms with Crippen molar-refractivity contribution in [2.45, 2.75) is 25.0 Å². The summed E-state index contributed by atoms with van der Waals surface area (Å²) in [5.41, 5.74) is 1.08. The van der Waals surface area contributed by atoms with Crippen LogP contribution < -0.4 is 5.32 Å². The predicted molar refractivity (Wildman–Crippen MR) is 84.0 cm³/mol. The molecule has 0 saturated carbocycles. The average molecular weight is 333 g/mol. The first-order valence-corrected chi connectivity index (χ1v) is 8.35. The van der Waals surface area contributed by atoms with Crippen LogP contribution >= 0.6 is 0 Å². The van der Waals surface area contributed by atoms with Crippen LogP contribution in [-0.4, -0.2) is 23.5 Å². The molecule has 0 radical (unpaired) electrons. The van der Waals surface area contributed by atoms with Gasteiger partial charge in [0.15, 0.2) is 0 Å². The fraction of sp³-hybridized carbons (Fsp3) is 0.267. The molecule has 0 saturated heterocycles. The van der Waals surface area contributed by atoms with E-state index in [0.717, 1.165) is 16.7 Å². The minimum atomic E-state index is -4.38. The number of ether oxygens (including phenoxy) is 1. The molecule has 8 heteroatoms. The van der Waals surface area contributed by atoms with Crippen LogP contribution in [0.15, 0.2) is 30.5 Å². The number of anilines is 1. The van der Waals surface area contributed by atoms with E-state index in [2.05, 4.69) is 10.3 Å². The van der Waals surface area contributed by atoms with Crippen LogP contribution in [0.4, 0.5) is 5.69 Å². The standard InChI is InChI=1S/C15H15N3O4S/c1-15(2)12-6-9(10-5-11(7-16)17-8-10)3-4-13(12)18-14(22-15)23(19,20)21/h3-6,8,14,17-18H,1-2H3,(H,19,20,21). The van der Waals surface area contributed by atoms with Gasteiger partial charge in [0.05, 0.1) is 5.60 Å². The Bertz CT molecular complexity index is 909. The van der Waals surface area contributed by atoms with Gasteiger partial charge in [-0.15, -0.1) is 0 Å². The van der Waals surface area contributed by atoms with Crippen molar-refractivity contribution in [2.24, 2.45) is 0 Å². The van der Waals surface area contributed by atoms with E-state index in [0.29, 0.717) is 11.4 Å². The number of aromatic nitrogens is 1. The smallest absolute Gasteiger partial charge is 0.312 e. The molecule has 0 aliphatic carbocycles. The lowest BCUT2D eigenvalue weighted by Gasteiger charge is -2.37. The van der Waals surface area contributed by atoms with Crippen molar-refractivity contribution in [1.82, 2.24) is 4.98 Å². The fourth-order valence-electron chi connectivity index (χ4n) is 2.60. The van der Waals surface area contributed by atoms with E-state index in [4.69, 9.17) is 10.00 Å². The Morgan fingerprint density at radius 1 is 1.30 bits per heavy atom. The number of aromatic amines is 1. The van der Waals surface area contributed by atoms with Gasteiger partial charge in [-0.3, -0.25) is 4.55 Å². The number of nitrogens with zero attached hydrogens (tertiary/aromatic N) is 1. The summed E-state index contributed by atoms with van der Waals surface area (Å²) >= 11 is 0. The third-order valence-corrected chi connectivity index (χ3v) is 4.51. The van der Waals surface area contributed by atoms with Crippen LogP contribution in [0, 0.1) is 11.3 Å². The Labute approximate surface area is 133 Å². The van der Waals surface area contributed by atoms with Gasteiger partial charge < -0.3 is 15.0 Å². The quantitative estimate of drug-likeness (QED) is 0.727. The number of fused-ring (bicyclic) bond motifs is 1. The highest BCUT2D eigenvalue weighted by Gasteiger charge is 2.39. The Hall–Kier alpha value is -2.34. The number of nitrogens with one attached hydrogen (secondary N) is 2. The maximum atomic E-state index is 11.3. The summed E-state index contributed by atoms with van der Waals surface area (Å²) < 4.78 is 37.4. The molecular formula is C15H15N3O4S. The normalized spacial score (nSPS) is 19.5. The minimum absolute atomic E-state index is 0.456. The van der Waals surface area contributed by atoms with E-state index in [1.54, 1.807) is 38.2 Å². The minimum Gasteiger partial charge on any atom is -0.353 e. The molecule has 0 spiro atoms. The molecule has 3 rings (SSSR count). The SMILES string of the molecule is CC1(C)OC(S(=O)(=O)O)Nc2ccc(-c3c[nH]c(C#N)c3)cc21. The van der Waals surface area contributed by atoms with Gasteiger partial charge in [0.25, 0.3) is 5.56 Å². The number of hydrogen-bond donors (Lipinski definition) is 3. The van der Waals surface area contributed by atoms with E-state index < -0.39 is 21.3 Å². The number of hydrogen-bond acceptors (Lipinski definition) is 5. The third-order valence-electron chi connectivity index (χ3n) is 3.75. The topological polar surface area (TPSA) is 115 Å². The van der Waals surface area contributed by atoms with Crippen molar-refractivity contribution in [3.63, 3.8) is 0 Å². The molecule has 23 heavy (non-hydrogen) atoms. The molecule has 1 unspecified atom stereocenters. The highest BCUT2D eigenvalue weighted by molar-refractivity contribution is 7.86. The van der Waals surface area contributed by atoms with Gasteiger partial charge in [0, 0.05) is 23.0 Å². The molecule has 1 aromatic heterocycles. The molecule has 2 aromatic rings. The lowest BCUT2D eigenvalue weighted by atomic mass is 9.92. The van der Waals surface area contributed by atoms with Crippen molar-refractivity contribution in [3.05, 3.63) is 41.7 Å². The zero-order valence-electron chi connectivity index (χ0n) is 12.5. The van der Waals surface area contributed by atoms with Crippen LogP contribution in [0.1, 0.15) is 25.1 Å². The highest BCUT2D eigenvalue weighted by atomic mass is 32.2. The van der Waals surface area contributed by atoms with Gasteiger partial charge in [-0.1, -0.05) is 6.07 Å². The second-order valence-electron chi connectivity index (χ2n) is 5.79. The first-order chi connectivity index (χ1) is 10.7. The van der Waals surface area contributed by atoms with Gasteiger partial charge >= 0.3 is 10.1 Å². The Kier molecular flexibility index (Phi) is 3.44. The van der Waals surface area contributed by atoms with E-state index >= 15 is 0 Å². The van der Waals surface area contributed by atoms with Crippen molar-refractivity contribution in [3.8, 4) is 17.2 Å². The summed E-state index contributed by atoms with van der Waals surface area (Å²) in [5, 5.41) is 11.6. The molecule has 0 fully saturated rings. The number of H-pyrrole nitrogens is 1. The molecular weight excluding hydrogens is 318 g/mol. The van der Waals surface area contributed by atoms with Gasteiger partial charge in [-0.25, -0.2) is 0 Å². The molecule has 1 aromatic carbocycles. The number of benzene rings is 1.